The molecule has 0 aliphatic heterocycles. The lowest BCUT2D eigenvalue weighted by Gasteiger charge is -1.93. The standard InChI is InChI=1S/2C13H10O.2C13H10S/c1-9-5-4-7-11-10-6-2-3-8-12(10)14-13(9)11;1-9-6-7-13-11(8-9)10-4-2-3-5-12(10)14-13;1-9-5-4-7-11-10-6-2-3-8-12(10)14-13(9)11;1-9-6-7-13-11(8-9)10-4-2-3-5-12(10)14-13/h4*2-8H,1H3. The molecule has 8 aromatic carbocycles. The highest BCUT2D eigenvalue weighted by Crippen LogP contribution is 2.36. The van der Waals surface area contributed by atoms with Crippen LogP contribution in [-0.4, -0.2) is 0 Å². The van der Waals surface area contributed by atoms with Crippen LogP contribution in [0.5, 0.6) is 0 Å². The summed E-state index contributed by atoms with van der Waals surface area (Å²) in [6, 6.07) is 59.2. The van der Waals surface area contributed by atoms with E-state index in [0.29, 0.717) is 0 Å². The van der Waals surface area contributed by atoms with Crippen LogP contribution in [0, 0.1) is 27.7 Å². The van der Waals surface area contributed by atoms with Crippen molar-refractivity contribution in [2.24, 2.45) is 0 Å². The van der Waals surface area contributed by atoms with E-state index in [1.807, 2.05) is 65.1 Å². The van der Waals surface area contributed by atoms with Crippen LogP contribution < -0.4 is 0 Å². The van der Waals surface area contributed by atoms with Crippen LogP contribution >= 0.6 is 22.7 Å². The molecule has 0 saturated carbocycles. The molecule has 0 saturated heterocycles. The summed E-state index contributed by atoms with van der Waals surface area (Å²) in [5, 5.41) is 10.4. The van der Waals surface area contributed by atoms with Crippen molar-refractivity contribution in [3.8, 4) is 0 Å². The van der Waals surface area contributed by atoms with Crippen molar-refractivity contribution in [3.05, 3.63) is 192 Å². The highest BCUT2D eigenvalue weighted by molar-refractivity contribution is 7.26. The Bertz CT molecular complexity index is 3070. The molecule has 0 amide bonds. The van der Waals surface area contributed by atoms with Gasteiger partial charge in [-0.3, -0.25) is 0 Å². The number of aryl methyl sites for hydroxylation is 4. The maximum absolute atomic E-state index is 5.78. The Hall–Kier alpha value is -6.20. The molecule has 0 unspecified atom stereocenters. The fourth-order valence-electron chi connectivity index (χ4n) is 7.46. The third-order valence-electron chi connectivity index (χ3n) is 10.3. The SMILES string of the molecule is Cc1ccc2oc3ccccc3c2c1.Cc1ccc2sc3ccccc3c2c1.Cc1cccc2c1oc1ccccc12.Cc1cccc2c1sc1ccccc12. The molecule has 56 heavy (non-hydrogen) atoms. The number of furan rings is 2. The number of fused-ring (bicyclic) bond motifs is 12. The van der Waals surface area contributed by atoms with Crippen molar-refractivity contribution in [3.63, 3.8) is 0 Å². The summed E-state index contributed by atoms with van der Waals surface area (Å²) in [4.78, 5) is 0. The molecule has 0 N–H and O–H groups in total. The first-order valence-corrected chi connectivity index (χ1v) is 20.5. The Balaban J connectivity index is 0.0000000975. The minimum Gasteiger partial charge on any atom is -0.456 e. The van der Waals surface area contributed by atoms with Crippen LogP contribution in [0.2, 0.25) is 0 Å². The normalized spacial score (nSPS) is 11.2. The van der Waals surface area contributed by atoms with Crippen molar-refractivity contribution >= 4 is 107 Å². The van der Waals surface area contributed by atoms with Crippen molar-refractivity contribution in [1.82, 2.24) is 0 Å². The quantitative estimate of drug-likeness (QED) is 0.154. The predicted octanol–water partition coefficient (Wildman–Crippen LogP) is 16.5. The Morgan fingerprint density at radius 3 is 1.54 bits per heavy atom. The van der Waals surface area contributed by atoms with Crippen LogP contribution in [0.25, 0.3) is 84.2 Å². The Morgan fingerprint density at radius 1 is 0.321 bits per heavy atom. The number of hydrogen-bond donors (Lipinski definition) is 0. The molecule has 12 aromatic rings. The van der Waals surface area contributed by atoms with Crippen LogP contribution in [0.4, 0.5) is 0 Å². The van der Waals surface area contributed by atoms with Crippen molar-refractivity contribution < 1.29 is 8.83 Å². The molecule has 4 heteroatoms. The van der Waals surface area contributed by atoms with Gasteiger partial charge in [0.15, 0.2) is 0 Å². The lowest BCUT2D eigenvalue weighted by molar-refractivity contribution is 0.666. The van der Waals surface area contributed by atoms with Gasteiger partial charge in [-0.05, 0) is 87.4 Å². The zero-order valence-corrected chi connectivity index (χ0v) is 33.4. The molecule has 0 radical (unpaired) electrons. The number of rotatable bonds is 0. The molecular formula is C52H40O2S2. The van der Waals surface area contributed by atoms with E-state index in [-0.39, 0.29) is 0 Å². The van der Waals surface area contributed by atoms with E-state index in [0.717, 1.165) is 22.3 Å². The summed E-state index contributed by atoms with van der Waals surface area (Å²) in [5.74, 6) is 0. The topological polar surface area (TPSA) is 26.3 Å². The van der Waals surface area contributed by atoms with E-state index in [9.17, 15) is 0 Å². The van der Waals surface area contributed by atoms with Gasteiger partial charge in [0, 0.05) is 61.9 Å². The molecule has 0 fully saturated rings. The fourth-order valence-corrected chi connectivity index (χ4v) is 9.71. The summed E-state index contributed by atoms with van der Waals surface area (Å²) in [7, 11) is 0. The lowest BCUT2D eigenvalue weighted by Crippen LogP contribution is -1.70. The molecule has 0 bridgehead atoms. The van der Waals surface area contributed by atoms with Crippen LogP contribution in [0.15, 0.2) is 179 Å². The van der Waals surface area contributed by atoms with Gasteiger partial charge in [0.05, 0.1) is 0 Å². The number of para-hydroxylation sites is 3. The van der Waals surface area contributed by atoms with E-state index < -0.39 is 0 Å². The van der Waals surface area contributed by atoms with Crippen LogP contribution in [0.1, 0.15) is 22.3 Å². The zero-order chi connectivity index (χ0) is 38.2. The summed E-state index contributed by atoms with van der Waals surface area (Å²) in [6.07, 6.45) is 0. The van der Waals surface area contributed by atoms with Gasteiger partial charge in [0.1, 0.15) is 22.3 Å². The molecule has 272 valence electrons. The van der Waals surface area contributed by atoms with Gasteiger partial charge in [-0.25, -0.2) is 0 Å². The van der Waals surface area contributed by atoms with E-state index in [1.54, 1.807) is 0 Å². The summed E-state index contributed by atoms with van der Waals surface area (Å²) >= 11 is 3.76. The minimum atomic E-state index is 0.966. The molecule has 0 spiro atoms. The van der Waals surface area contributed by atoms with Crippen molar-refractivity contribution in [2.45, 2.75) is 27.7 Å². The maximum atomic E-state index is 5.78. The lowest BCUT2D eigenvalue weighted by atomic mass is 10.1. The third-order valence-corrected chi connectivity index (χ3v) is 12.7. The van der Waals surface area contributed by atoms with Gasteiger partial charge in [-0.2, -0.15) is 0 Å². The highest BCUT2D eigenvalue weighted by Gasteiger charge is 2.08. The Labute approximate surface area is 333 Å². The van der Waals surface area contributed by atoms with Crippen molar-refractivity contribution in [2.75, 3.05) is 0 Å². The first-order chi connectivity index (χ1) is 27.4. The number of thiophene rings is 2. The fraction of sp³-hybridized carbons (Fsp3) is 0.0769. The average Bonchev–Trinajstić information content (AvgIpc) is 4.00. The first kappa shape index (κ1) is 35.5. The predicted molar refractivity (Wildman–Crippen MR) is 245 cm³/mol. The number of hydrogen-bond acceptors (Lipinski definition) is 4. The molecule has 0 aliphatic rings. The van der Waals surface area contributed by atoms with Gasteiger partial charge < -0.3 is 8.83 Å². The molecule has 4 aromatic heterocycles. The van der Waals surface area contributed by atoms with E-state index in [4.69, 9.17) is 8.83 Å². The van der Waals surface area contributed by atoms with E-state index in [1.165, 1.54) is 84.1 Å². The summed E-state index contributed by atoms with van der Waals surface area (Å²) in [5.41, 5.74) is 9.09. The second-order valence-corrected chi connectivity index (χ2v) is 16.4. The average molecular weight is 761 g/mol. The van der Waals surface area contributed by atoms with Crippen molar-refractivity contribution in [1.29, 1.82) is 0 Å². The highest BCUT2D eigenvalue weighted by atomic mass is 32.1. The monoisotopic (exact) mass is 760 g/mol. The molecular weight excluding hydrogens is 721 g/mol. The molecule has 0 aliphatic carbocycles. The van der Waals surface area contributed by atoms with Gasteiger partial charge >= 0.3 is 0 Å². The Kier molecular flexibility index (Phi) is 9.60. The summed E-state index contributed by atoms with van der Waals surface area (Å²) < 4.78 is 17.1. The molecule has 0 atom stereocenters. The second kappa shape index (κ2) is 15.1. The second-order valence-electron chi connectivity index (χ2n) is 14.3. The van der Waals surface area contributed by atoms with Crippen LogP contribution in [-0.2, 0) is 0 Å². The van der Waals surface area contributed by atoms with E-state index in [2.05, 4.69) is 155 Å². The zero-order valence-electron chi connectivity index (χ0n) is 31.8. The van der Waals surface area contributed by atoms with Gasteiger partial charge in [0.2, 0.25) is 0 Å². The third kappa shape index (κ3) is 6.83. The maximum Gasteiger partial charge on any atom is 0.138 e. The van der Waals surface area contributed by atoms with Gasteiger partial charge in [0.25, 0.3) is 0 Å². The minimum absolute atomic E-state index is 0.966. The van der Waals surface area contributed by atoms with E-state index >= 15 is 0 Å². The molecule has 4 heterocycles. The molecule has 12 rings (SSSR count). The van der Waals surface area contributed by atoms with Gasteiger partial charge in [-0.15, -0.1) is 22.7 Å². The smallest absolute Gasteiger partial charge is 0.138 e. The van der Waals surface area contributed by atoms with Crippen LogP contribution in [0.3, 0.4) is 0 Å². The largest absolute Gasteiger partial charge is 0.456 e. The molecule has 2 nitrogen and oxygen atoms in total. The number of benzene rings is 8. The summed E-state index contributed by atoms with van der Waals surface area (Å²) in [6.45, 7) is 8.50. The van der Waals surface area contributed by atoms with Gasteiger partial charge in [-0.1, -0.05) is 132 Å². The Morgan fingerprint density at radius 2 is 0.804 bits per heavy atom. The first-order valence-electron chi connectivity index (χ1n) is 18.9.